The van der Waals surface area contributed by atoms with E-state index in [4.69, 9.17) is 11.5 Å². The van der Waals surface area contributed by atoms with Crippen molar-refractivity contribution in [1.29, 1.82) is 0 Å². The molecule has 0 spiro atoms. The number of nitrogens with two attached hydrogens (primary N) is 2. The first kappa shape index (κ1) is 8.73. The summed E-state index contributed by atoms with van der Waals surface area (Å²) in [6.45, 7) is 0. The summed E-state index contributed by atoms with van der Waals surface area (Å²) < 4.78 is 0. The molecule has 0 aliphatic heterocycles. The van der Waals surface area contributed by atoms with Crippen molar-refractivity contribution >= 4 is 0 Å². The Bertz CT molecular complexity index is 283. The summed E-state index contributed by atoms with van der Waals surface area (Å²) in [5.74, 6) is 0. The van der Waals surface area contributed by atoms with Crippen molar-refractivity contribution in [2.75, 3.05) is 0 Å². The van der Waals surface area contributed by atoms with Crippen LogP contribution in [0, 0.1) is 0 Å². The largest absolute Gasteiger partial charge is 0.326 e. The molecule has 0 saturated heterocycles. The molecule has 2 atom stereocenters. The van der Waals surface area contributed by atoms with Crippen LogP contribution >= 0.6 is 0 Å². The van der Waals surface area contributed by atoms with Gasteiger partial charge in [0, 0.05) is 6.04 Å². The van der Waals surface area contributed by atoms with Crippen LogP contribution < -0.4 is 11.5 Å². The summed E-state index contributed by atoms with van der Waals surface area (Å²) in [6.07, 6.45) is 3.20. The van der Waals surface area contributed by atoms with Crippen molar-refractivity contribution < 1.29 is 0 Å². The molecule has 70 valence electrons. The van der Waals surface area contributed by atoms with Gasteiger partial charge in [-0.3, -0.25) is 0 Å². The summed E-state index contributed by atoms with van der Waals surface area (Å²) in [4.78, 5) is 0. The van der Waals surface area contributed by atoms with E-state index in [9.17, 15) is 0 Å². The Balaban J connectivity index is 2.34. The van der Waals surface area contributed by atoms with Gasteiger partial charge in [-0.2, -0.15) is 0 Å². The van der Waals surface area contributed by atoms with E-state index in [0.717, 1.165) is 19.3 Å². The smallest absolute Gasteiger partial charge is 0.0562 e. The molecule has 1 aliphatic carbocycles. The fraction of sp³-hybridized carbons (Fsp3) is 0.455. The van der Waals surface area contributed by atoms with Gasteiger partial charge in [-0.1, -0.05) is 30.3 Å². The third kappa shape index (κ3) is 1.36. The van der Waals surface area contributed by atoms with E-state index >= 15 is 0 Å². The lowest BCUT2D eigenvalue weighted by Crippen LogP contribution is -2.48. The minimum Gasteiger partial charge on any atom is -0.326 e. The highest BCUT2D eigenvalue weighted by Gasteiger charge is 2.38. The van der Waals surface area contributed by atoms with Gasteiger partial charge >= 0.3 is 0 Å². The van der Waals surface area contributed by atoms with E-state index in [1.54, 1.807) is 0 Å². The lowest BCUT2D eigenvalue weighted by molar-refractivity contribution is 0.405. The van der Waals surface area contributed by atoms with E-state index in [2.05, 4.69) is 12.1 Å². The average Bonchev–Trinajstić information content (AvgIpc) is 2.50. The molecule has 1 aromatic rings. The zero-order chi connectivity index (χ0) is 9.31. The van der Waals surface area contributed by atoms with Crippen molar-refractivity contribution in [2.24, 2.45) is 11.5 Å². The van der Waals surface area contributed by atoms with Crippen LogP contribution in [-0.4, -0.2) is 6.04 Å². The van der Waals surface area contributed by atoms with Gasteiger partial charge in [-0.05, 0) is 24.8 Å². The van der Waals surface area contributed by atoms with Crippen LogP contribution in [0.2, 0.25) is 0 Å². The molecule has 2 unspecified atom stereocenters. The summed E-state index contributed by atoms with van der Waals surface area (Å²) in [5.41, 5.74) is 13.2. The maximum atomic E-state index is 6.30. The highest BCUT2D eigenvalue weighted by Crippen LogP contribution is 2.35. The fourth-order valence-electron chi connectivity index (χ4n) is 2.16. The van der Waals surface area contributed by atoms with Gasteiger partial charge in [-0.25, -0.2) is 0 Å². The highest BCUT2D eigenvalue weighted by atomic mass is 14.9. The van der Waals surface area contributed by atoms with Crippen molar-refractivity contribution in [1.82, 2.24) is 0 Å². The lowest BCUT2D eigenvalue weighted by Gasteiger charge is -2.29. The van der Waals surface area contributed by atoms with Crippen molar-refractivity contribution in [3.63, 3.8) is 0 Å². The molecule has 13 heavy (non-hydrogen) atoms. The van der Waals surface area contributed by atoms with Crippen molar-refractivity contribution in [3.8, 4) is 0 Å². The highest BCUT2D eigenvalue weighted by molar-refractivity contribution is 5.27. The van der Waals surface area contributed by atoms with Crippen LogP contribution in [0.25, 0.3) is 0 Å². The third-order valence-electron chi connectivity index (χ3n) is 3.08. The van der Waals surface area contributed by atoms with Gasteiger partial charge < -0.3 is 11.5 Å². The molecule has 0 aromatic heterocycles. The molecule has 1 saturated carbocycles. The van der Waals surface area contributed by atoms with E-state index in [1.165, 1.54) is 5.56 Å². The molecule has 1 aliphatic rings. The van der Waals surface area contributed by atoms with Gasteiger partial charge in [0.15, 0.2) is 0 Å². The van der Waals surface area contributed by atoms with Gasteiger partial charge in [0.2, 0.25) is 0 Å². The van der Waals surface area contributed by atoms with E-state index < -0.39 is 0 Å². The molecule has 2 rings (SSSR count). The van der Waals surface area contributed by atoms with Crippen molar-refractivity contribution in [3.05, 3.63) is 35.9 Å². The second-order valence-corrected chi connectivity index (χ2v) is 3.91. The summed E-state index contributed by atoms with van der Waals surface area (Å²) in [5, 5.41) is 0. The minimum atomic E-state index is -0.277. The van der Waals surface area contributed by atoms with Gasteiger partial charge in [0.05, 0.1) is 5.54 Å². The SMILES string of the molecule is NC1CCCC1(N)c1ccccc1. The average molecular weight is 176 g/mol. The molecule has 1 aromatic carbocycles. The first-order chi connectivity index (χ1) is 6.23. The number of rotatable bonds is 1. The molecule has 0 heterocycles. The van der Waals surface area contributed by atoms with E-state index in [-0.39, 0.29) is 11.6 Å². The van der Waals surface area contributed by atoms with Crippen LogP contribution in [-0.2, 0) is 5.54 Å². The second-order valence-electron chi connectivity index (χ2n) is 3.91. The molecule has 0 amide bonds. The molecule has 0 radical (unpaired) electrons. The quantitative estimate of drug-likeness (QED) is 0.678. The minimum absolute atomic E-state index is 0.120. The predicted octanol–water partition coefficient (Wildman–Crippen LogP) is 1.35. The topological polar surface area (TPSA) is 52.0 Å². The number of hydrogen-bond donors (Lipinski definition) is 2. The lowest BCUT2D eigenvalue weighted by atomic mass is 9.86. The summed E-state index contributed by atoms with van der Waals surface area (Å²) in [6, 6.07) is 10.3. The Labute approximate surface area is 78.9 Å². The molecular weight excluding hydrogens is 160 g/mol. The normalized spacial score (nSPS) is 33.5. The zero-order valence-electron chi connectivity index (χ0n) is 7.74. The molecule has 2 heteroatoms. The Hall–Kier alpha value is -0.860. The van der Waals surface area contributed by atoms with E-state index in [0.29, 0.717) is 0 Å². The maximum absolute atomic E-state index is 6.30. The monoisotopic (exact) mass is 176 g/mol. The van der Waals surface area contributed by atoms with Crippen LogP contribution in [0.3, 0.4) is 0 Å². The van der Waals surface area contributed by atoms with Crippen molar-refractivity contribution in [2.45, 2.75) is 30.8 Å². The van der Waals surface area contributed by atoms with Gasteiger partial charge in [0.25, 0.3) is 0 Å². The molecular formula is C11H16N2. The van der Waals surface area contributed by atoms with Crippen LogP contribution in [0.1, 0.15) is 24.8 Å². The van der Waals surface area contributed by atoms with Crippen LogP contribution in [0.4, 0.5) is 0 Å². The zero-order valence-corrected chi connectivity index (χ0v) is 7.74. The molecule has 2 nitrogen and oxygen atoms in total. The van der Waals surface area contributed by atoms with Crippen LogP contribution in [0.15, 0.2) is 30.3 Å². The maximum Gasteiger partial charge on any atom is 0.0562 e. The predicted molar refractivity (Wildman–Crippen MR) is 54.1 cm³/mol. The number of hydrogen-bond acceptors (Lipinski definition) is 2. The summed E-state index contributed by atoms with van der Waals surface area (Å²) >= 11 is 0. The Morgan fingerprint density at radius 1 is 1.23 bits per heavy atom. The van der Waals surface area contributed by atoms with Gasteiger partial charge in [0.1, 0.15) is 0 Å². The molecule has 4 N–H and O–H groups in total. The first-order valence-electron chi connectivity index (χ1n) is 4.83. The van der Waals surface area contributed by atoms with Gasteiger partial charge in [-0.15, -0.1) is 0 Å². The first-order valence-corrected chi connectivity index (χ1v) is 4.83. The third-order valence-corrected chi connectivity index (χ3v) is 3.08. The molecule has 1 fully saturated rings. The Kier molecular flexibility index (Phi) is 2.10. The van der Waals surface area contributed by atoms with E-state index in [1.807, 2.05) is 18.2 Å². The fourth-order valence-corrected chi connectivity index (χ4v) is 2.16. The Morgan fingerprint density at radius 3 is 2.46 bits per heavy atom. The second kappa shape index (κ2) is 3.13. The van der Waals surface area contributed by atoms with Crippen LogP contribution in [0.5, 0.6) is 0 Å². The standard InChI is InChI=1S/C11H16N2/c12-10-7-4-8-11(10,13)9-5-2-1-3-6-9/h1-3,5-6,10H,4,7-8,12-13H2. The molecule has 0 bridgehead atoms. The Morgan fingerprint density at radius 2 is 1.92 bits per heavy atom. The summed E-state index contributed by atoms with van der Waals surface area (Å²) in [7, 11) is 0. The number of benzene rings is 1.